The van der Waals surface area contributed by atoms with Gasteiger partial charge in [-0.25, -0.2) is 8.78 Å². The number of hydrogen-bond donors (Lipinski definition) is 1. The van der Waals surface area contributed by atoms with Crippen molar-refractivity contribution >= 4 is 5.91 Å². The zero-order valence-electron chi connectivity index (χ0n) is 7.36. The molecule has 0 unspecified atom stereocenters. The van der Waals surface area contributed by atoms with Gasteiger partial charge < -0.3 is 5.32 Å². The zero-order chi connectivity index (χ0) is 9.90. The van der Waals surface area contributed by atoms with Crippen LogP contribution in [0.3, 0.4) is 0 Å². The number of hydrogen-bond acceptors (Lipinski definition) is 1. The molecule has 1 aliphatic rings. The van der Waals surface area contributed by atoms with Crippen LogP contribution in [0.2, 0.25) is 0 Å². The molecule has 0 aromatic carbocycles. The highest BCUT2D eigenvalue weighted by Gasteiger charge is 2.46. The summed E-state index contributed by atoms with van der Waals surface area (Å²) in [6.07, 6.45) is 1.12. The van der Waals surface area contributed by atoms with Crippen molar-refractivity contribution in [2.45, 2.75) is 25.7 Å². The van der Waals surface area contributed by atoms with Crippen molar-refractivity contribution in [2.24, 2.45) is 5.92 Å². The molecule has 0 spiro atoms. The summed E-state index contributed by atoms with van der Waals surface area (Å²) >= 11 is 0. The van der Waals surface area contributed by atoms with E-state index in [9.17, 15) is 13.6 Å². The second-order valence-electron chi connectivity index (χ2n) is 3.09. The summed E-state index contributed by atoms with van der Waals surface area (Å²) in [6.45, 7) is 0.893. The first kappa shape index (κ1) is 9.97. The van der Waals surface area contributed by atoms with Crippen molar-refractivity contribution in [1.29, 1.82) is 0 Å². The van der Waals surface area contributed by atoms with E-state index in [0.717, 1.165) is 0 Å². The third-order valence-corrected chi connectivity index (χ3v) is 1.90. The summed E-state index contributed by atoms with van der Waals surface area (Å²) in [4.78, 5) is 10.7. The van der Waals surface area contributed by atoms with Crippen molar-refractivity contribution in [3.8, 4) is 11.8 Å². The average Bonchev–Trinajstić information content (AvgIpc) is 2.84. The van der Waals surface area contributed by atoms with E-state index in [4.69, 9.17) is 0 Å². The van der Waals surface area contributed by atoms with Gasteiger partial charge in [-0.3, -0.25) is 4.79 Å². The molecule has 0 atom stereocenters. The van der Waals surface area contributed by atoms with Gasteiger partial charge in [-0.15, -0.1) is 0 Å². The Morgan fingerprint density at radius 1 is 1.62 bits per heavy atom. The van der Waals surface area contributed by atoms with Gasteiger partial charge in [0, 0.05) is 5.92 Å². The lowest BCUT2D eigenvalue weighted by Crippen LogP contribution is -2.37. The van der Waals surface area contributed by atoms with Gasteiger partial charge in [0.2, 0.25) is 0 Å². The van der Waals surface area contributed by atoms with Crippen molar-refractivity contribution in [3.05, 3.63) is 0 Å². The molecule has 13 heavy (non-hydrogen) atoms. The van der Waals surface area contributed by atoms with Crippen molar-refractivity contribution < 1.29 is 13.6 Å². The highest BCUT2D eigenvalue weighted by molar-refractivity contribution is 5.93. The molecule has 1 fully saturated rings. The van der Waals surface area contributed by atoms with Crippen LogP contribution in [0.25, 0.3) is 0 Å². The van der Waals surface area contributed by atoms with Crippen LogP contribution in [-0.2, 0) is 4.79 Å². The van der Waals surface area contributed by atoms with Crippen LogP contribution in [-0.4, -0.2) is 18.4 Å². The Morgan fingerprint density at radius 2 is 2.23 bits per heavy atom. The highest BCUT2D eigenvalue weighted by Crippen LogP contribution is 2.42. The molecule has 1 N–H and O–H groups in total. The standard InChI is InChI=1S/C9H11F2NO/c1-2-3-8(13)12-6-9(10,11)7-4-5-7/h7H,4-6H2,1H3,(H,12,13). The lowest BCUT2D eigenvalue weighted by atomic mass is 10.2. The highest BCUT2D eigenvalue weighted by atomic mass is 19.3. The summed E-state index contributed by atoms with van der Waals surface area (Å²) in [6, 6.07) is 0. The Labute approximate surface area is 75.7 Å². The lowest BCUT2D eigenvalue weighted by Gasteiger charge is -2.14. The monoisotopic (exact) mass is 187 g/mol. The molecule has 0 saturated heterocycles. The largest absolute Gasteiger partial charge is 0.339 e. The molecule has 0 aromatic heterocycles. The SMILES string of the molecule is CC#CC(=O)NCC(F)(F)C1CC1. The maximum absolute atomic E-state index is 12.9. The quantitative estimate of drug-likeness (QED) is 0.660. The van der Waals surface area contributed by atoms with Crippen molar-refractivity contribution in [1.82, 2.24) is 5.32 Å². The topological polar surface area (TPSA) is 29.1 Å². The van der Waals surface area contributed by atoms with Crippen LogP contribution in [0.5, 0.6) is 0 Å². The summed E-state index contributed by atoms with van der Waals surface area (Å²) in [5.74, 6) is 0.551. The summed E-state index contributed by atoms with van der Waals surface area (Å²) in [5.41, 5.74) is 0. The van der Waals surface area contributed by atoms with Crippen LogP contribution >= 0.6 is 0 Å². The van der Waals surface area contributed by atoms with Gasteiger partial charge in [0.1, 0.15) is 0 Å². The van der Waals surface area contributed by atoms with Gasteiger partial charge >= 0.3 is 0 Å². The van der Waals surface area contributed by atoms with Crippen LogP contribution in [0.1, 0.15) is 19.8 Å². The van der Waals surface area contributed by atoms with Gasteiger partial charge in [0.15, 0.2) is 0 Å². The van der Waals surface area contributed by atoms with Gasteiger partial charge in [0.25, 0.3) is 11.8 Å². The van der Waals surface area contributed by atoms with Crippen LogP contribution in [0.15, 0.2) is 0 Å². The fraction of sp³-hybridized carbons (Fsp3) is 0.667. The third-order valence-electron chi connectivity index (χ3n) is 1.90. The van der Waals surface area contributed by atoms with Crippen LogP contribution < -0.4 is 5.32 Å². The Kier molecular flexibility index (Phi) is 2.86. The molecule has 0 heterocycles. The summed E-state index contributed by atoms with van der Waals surface area (Å²) in [7, 11) is 0. The Hall–Kier alpha value is -1.11. The molecule has 0 aromatic rings. The van der Waals surface area contributed by atoms with Crippen LogP contribution in [0, 0.1) is 17.8 Å². The number of nitrogens with one attached hydrogen (secondary N) is 1. The predicted octanol–water partition coefficient (Wildman–Crippen LogP) is 1.17. The minimum atomic E-state index is -2.76. The van der Waals surface area contributed by atoms with E-state index >= 15 is 0 Å². The molecule has 0 radical (unpaired) electrons. The molecule has 1 rings (SSSR count). The van der Waals surface area contributed by atoms with Gasteiger partial charge in [-0.1, -0.05) is 5.92 Å². The maximum atomic E-state index is 12.9. The number of carbonyl (C=O) groups is 1. The molecule has 1 aliphatic carbocycles. The molecule has 0 bridgehead atoms. The number of halogens is 2. The van der Waals surface area contributed by atoms with Crippen molar-refractivity contribution in [3.63, 3.8) is 0 Å². The number of rotatable bonds is 3. The second-order valence-corrected chi connectivity index (χ2v) is 3.09. The average molecular weight is 187 g/mol. The maximum Gasteiger partial charge on any atom is 0.296 e. The Bertz CT molecular complexity index is 261. The molecule has 1 saturated carbocycles. The van der Waals surface area contributed by atoms with Crippen molar-refractivity contribution in [2.75, 3.05) is 6.54 Å². The first-order valence-corrected chi connectivity index (χ1v) is 4.14. The third kappa shape index (κ3) is 3.02. The second kappa shape index (κ2) is 3.73. The smallest absolute Gasteiger partial charge is 0.296 e. The number of carbonyl (C=O) groups excluding carboxylic acids is 1. The van der Waals surface area contributed by atoms with Gasteiger partial charge in [0.05, 0.1) is 6.54 Å². The molecule has 1 amide bonds. The van der Waals surface area contributed by atoms with E-state index in [0.29, 0.717) is 12.8 Å². The van der Waals surface area contributed by atoms with E-state index in [1.807, 2.05) is 0 Å². The fourth-order valence-corrected chi connectivity index (χ4v) is 1.01. The minimum Gasteiger partial charge on any atom is -0.339 e. The molecule has 0 aliphatic heterocycles. The normalized spacial score (nSPS) is 15.9. The van der Waals surface area contributed by atoms with E-state index in [2.05, 4.69) is 17.2 Å². The molecular formula is C9H11F2NO. The lowest BCUT2D eigenvalue weighted by molar-refractivity contribution is -0.118. The van der Waals surface area contributed by atoms with E-state index in [1.54, 1.807) is 0 Å². The van der Waals surface area contributed by atoms with E-state index in [-0.39, 0.29) is 0 Å². The molecule has 4 heteroatoms. The number of amides is 1. The van der Waals surface area contributed by atoms with Gasteiger partial charge in [-0.2, -0.15) is 0 Å². The molecule has 72 valence electrons. The predicted molar refractivity (Wildman–Crippen MR) is 44.1 cm³/mol. The Morgan fingerprint density at radius 3 is 2.69 bits per heavy atom. The molecular weight excluding hydrogens is 176 g/mol. The van der Waals surface area contributed by atoms with E-state index < -0.39 is 24.3 Å². The van der Waals surface area contributed by atoms with E-state index in [1.165, 1.54) is 6.92 Å². The molecule has 2 nitrogen and oxygen atoms in total. The summed E-state index contributed by atoms with van der Waals surface area (Å²) in [5, 5.41) is 2.08. The zero-order valence-corrected chi connectivity index (χ0v) is 7.36. The Balaban J connectivity index is 2.31. The van der Waals surface area contributed by atoms with Gasteiger partial charge in [-0.05, 0) is 25.7 Å². The minimum absolute atomic E-state index is 0.539. The number of alkyl halides is 2. The first-order valence-electron chi connectivity index (χ1n) is 4.14. The summed E-state index contributed by atoms with van der Waals surface area (Å²) < 4.78 is 25.9. The fourth-order valence-electron chi connectivity index (χ4n) is 1.01. The van der Waals surface area contributed by atoms with Crippen LogP contribution in [0.4, 0.5) is 8.78 Å². The first-order chi connectivity index (χ1) is 6.06.